The van der Waals surface area contributed by atoms with Crippen LogP contribution in [0.1, 0.15) is 20.3 Å². The summed E-state index contributed by atoms with van der Waals surface area (Å²) in [7, 11) is -5.25. The molecule has 0 unspecified atom stereocenters. The van der Waals surface area contributed by atoms with E-state index in [2.05, 4.69) is 14.8 Å². The molecule has 0 aromatic heterocycles. The lowest BCUT2D eigenvalue weighted by Gasteiger charge is -2.50. The van der Waals surface area contributed by atoms with Gasteiger partial charge in [0, 0.05) is 20.3 Å². The van der Waals surface area contributed by atoms with E-state index in [-0.39, 0.29) is 0 Å². The zero-order valence-electron chi connectivity index (χ0n) is 26.5. The number of ether oxygens (including phenoxy) is 4. The fourth-order valence-electron chi connectivity index (χ4n) is 5.30. The molecule has 0 aliphatic carbocycles. The molecule has 2 amide bonds. The number of aliphatic hydroxyl groups is 10. The number of carbonyl (C=O) groups is 3. The SMILES string of the molecule is CC(=O)N[C@H]1[C@H]([C@H](O)[C@H](O)CO)O[C@@](O[C@H]2[C@@H](O)[C@@H](COS(=O)(=O)O)O[C@@H](O[C@@H]([C@H](O)[C@H](CO)NC(C)=O)[C@H](O)CO)[C@@H]2O)(C(=O)O)C[C@@H]1O. The molecular weight excluding hydrogens is 712 g/mol. The van der Waals surface area contributed by atoms with E-state index in [9.17, 15) is 79.0 Å². The number of carboxylic acid groups (broad SMARTS) is 1. The van der Waals surface area contributed by atoms with E-state index >= 15 is 0 Å². The monoisotopic (exact) mass is 756 g/mol. The minimum absolute atomic E-state index is 0.780. The lowest BCUT2D eigenvalue weighted by Crippen LogP contribution is -2.70. The topological polar surface area (TPSA) is 398 Å². The number of carbonyl (C=O) groups excluding carboxylic acids is 2. The van der Waals surface area contributed by atoms with Gasteiger partial charge in [-0.05, 0) is 0 Å². The highest BCUT2D eigenvalue weighted by atomic mass is 32.3. The van der Waals surface area contributed by atoms with Crippen molar-refractivity contribution in [3.8, 4) is 0 Å². The molecule has 15 atom stereocenters. The van der Waals surface area contributed by atoms with E-state index in [1.54, 1.807) is 0 Å². The van der Waals surface area contributed by atoms with Crippen molar-refractivity contribution in [1.82, 2.24) is 10.6 Å². The Morgan fingerprint density at radius 1 is 0.940 bits per heavy atom. The highest BCUT2D eigenvalue weighted by Crippen LogP contribution is 2.38. The Kier molecular flexibility index (Phi) is 16.2. The minimum atomic E-state index is -5.25. The molecule has 0 aromatic carbocycles. The van der Waals surface area contributed by atoms with Crippen molar-refractivity contribution in [3.63, 3.8) is 0 Å². The van der Waals surface area contributed by atoms with E-state index in [1.807, 2.05) is 0 Å². The van der Waals surface area contributed by atoms with E-state index in [0.717, 1.165) is 13.8 Å². The number of amides is 2. The van der Waals surface area contributed by atoms with Crippen LogP contribution in [0.3, 0.4) is 0 Å². The number of hydrogen-bond acceptors (Lipinski definition) is 20. The Balaban J connectivity index is 2.61. The summed E-state index contributed by atoms with van der Waals surface area (Å²) >= 11 is 0. The molecule has 292 valence electrons. The van der Waals surface area contributed by atoms with Crippen molar-refractivity contribution < 1.29 is 107 Å². The van der Waals surface area contributed by atoms with Gasteiger partial charge in [0.05, 0.1) is 44.6 Å². The van der Waals surface area contributed by atoms with Gasteiger partial charge in [-0.1, -0.05) is 0 Å². The van der Waals surface area contributed by atoms with Crippen LogP contribution >= 0.6 is 0 Å². The summed E-state index contributed by atoms with van der Waals surface area (Å²) in [5.41, 5.74) is 0. The van der Waals surface area contributed by atoms with Crippen LogP contribution in [0.15, 0.2) is 0 Å². The summed E-state index contributed by atoms with van der Waals surface area (Å²) in [6, 6.07) is -3.24. The second kappa shape index (κ2) is 18.5. The fraction of sp³-hybridized carbons (Fsp3) is 0.880. The second-order valence-corrected chi connectivity index (χ2v) is 12.6. The molecule has 2 aliphatic heterocycles. The summed E-state index contributed by atoms with van der Waals surface area (Å²) in [5, 5.41) is 118. The van der Waals surface area contributed by atoms with Gasteiger partial charge in [-0.2, -0.15) is 8.42 Å². The van der Waals surface area contributed by atoms with Crippen molar-refractivity contribution in [2.45, 2.75) is 112 Å². The first kappa shape index (κ1) is 43.9. The van der Waals surface area contributed by atoms with Gasteiger partial charge in [-0.15, -0.1) is 0 Å². The lowest BCUT2D eigenvalue weighted by atomic mass is 9.88. The third-order valence-corrected chi connectivity index (χ3v) is 8.16. The summed E-state index contributed by atoms with van der Waals surface area (Å²) in [6.45, 7) is -2.57. The smallest absolute Gasteiger partial charge is 0.397 e. The molecule has 2 fully saturated rings. The molecule has 0 bridgehead atoms. The third-order valence-electron chi connectivity index (χ3n) is 7.73. The van der Waals surface area contributed by atoms with Crippen molar-refractivity contribution in [1.29, 1.82) is 0 Å². The summed E-state index contributed by atoms with van der Waals surface area (Å²) in [5.74, 6) is -6.92. The molecule has 24 nitrogen and oxygen atoms in total. The van der Waals surface area contributed by atoms with Gasteiger partial charge in [-0.3, -0.25) is 14.1 Å². The van der Waals surface area contributed by atoms with Gasteiger partial charge in [-0.25, -0.2) is 8.98 Å². The van der Waals surface area contributed by atoms with Crippen LogP contribution in [0.4, 0.5) is 0 Å². The molecule has 2 saturated heterocycles. The molecule has 0 aromatic rings. The molecule has 2 heterocycles. The van der Waals surface area contributed by atoms with Crippen molar-refractivity contribution in [2.24, 2.45) is 0 Å². The van der Waals surface area contributed by atoms with E-state index in [1.165, 1.54) is 0 Å². The Morgan fingerprint density at radius 2 is 1.54 bits per heavy atom. The Morgan fingerprint density at radius 3 is 2.02 bits per heavy atom. The van der Waals surface area contributed by atoms with E-state index < -0.39 is 152 Å². The zero-order chi connectivity index (χ0) is 38.3. The molecule has 2 aliphatic rings. The van der Waals surface area contributed by atoms with Crippen LogP contribution in [0.5, 0.6) is 0 Å². The first-order valence-electron chi connectivity index (χ1n) is 14.8. The second-order valence-electron chi connectivity index (χ2n) is 11.5. The zero-order valence-corrected chi connectivity index (χ0v) is 27.3. The highest BCUT2D eigenvalue weighted by Gasteiger charge is 2.60. The maximum Gasteiger partial charge on any atom is 0.397 e. The quantitative estimate of drug-likeness (QED) is 0.0577. The minimum Gasteiger partial charge on any atom is -0.477 e. The van der Waals surface area contributed by atoms with E-state index in [0.29, 0.717) is 0 Å². The molecule has 0 spiro atoms. The first-order chi connectivity index (χ1) is 23.1. The maximum atomic E-state index is 12.7. The molecule has 0 radical (unpaired) electrons. The predicted octanol–water partition coefficient (Wildman–Crippen LogP) is -8.62. The van der Waals surface area contributed by atoms with Crippen LogP contribution in [-0.2, 0) is 47.9 Å². The van der Waals surface area contributed by atoms with Crippen LogP contribution in [0.25, 0.3) is 0 Å². The van der Waals surface area contributed by atoms with Crippen molar-refractivity contribution >= 4 is 28.2 Å². The van der Waals surface area contributed by atoms with Gasteiger partial charge >= 0.3 is 16.4 Å². The summed E-state index contributed by atoms with van der Waals surface area (Å²) in [4.78, 5) is 36.1. The van der Waals surface area contributed by atoms with Gasteiger partial charge in [0.15, 0.2) is 6.29 Å². The number of aliphatic hydroxyl groups excluding tert-OH is 10. The molecular formula is C25H44N2O22S. The molecule has 2 rings (SSSR count). The first-order valence-corrected chi connectivity index (χ1v) is 16.1. The number of carboxylic acids is 1. The highest BCUT2D eigenvalue weighted by molar-refractivity contribution is 7.80. The normalized spacial score (nSPS) is 34.1. The van der Waals surface area contributed by atoms with Gasteiger partial charge in [0.2, 0.25) is 11.8 Å². The molecule has 0 saturated carbocycles. The van der Waals surface area contributed by atoms with Crippen LogP contribution < -0.4 is 10.6 Å². The summed E-state index contributed by atoms with van der Waals surface area (Å²) < 4.78 is 57.7. The number of hydrogen-bond donors (Lipinski definition) is 14. The standard InChI is InChI=1S/C25H44N2O22S/c1-8(31)26-10(4-28)16(36)20(13(35)6-30)47-23-19(39)22(18(38)14(46-23)7-45-50(42,43)44)49-25(24(40)41)3-11(33)15(27-9(2)32)21(48-25)17(37)12(34)5-29/h10-23,28-30,33-39H,3-7H2,1-2H3,(H,26,31)(H,27,32)(H,40,41)(H,42,43,44)/t10-,11-,12+,13+,14+,15+,16+,17+,18-,19+,20+,21+,22-,23-,25-/m0/s1. The maximum absolute atomic E-state index is 12.7. The summed E-state index contributed by atoms with van der Waals surface area (Å²) in [6.07, 6.45) is -27.3. The van der Waals surface area contributed by atoms with Crippen molar-refractivity contribution in [3.05, 3.63) is 0 Å². The van der Waals surface area contributed by atoms with Crippen molar-refractivity contribution in [2.75, 3.05) is 26.4 Å². The number of aliphatic carboxylic acids is 1. The van der Waals surface area contributed by atoms with Gasteiger partial charge < -0.3 is 85.8 Å². The fourth-order valence-corrected chi connectivity index (χ4v) is 5.61. The molecule has 25 heteroatoms. The van der Waals surface area contributed by atoms with Crippen LogP contribution in [0.2, 0.25) is 0 Å². The van der Waals surface area contributed by atoms with Crippen LogP contribution in [-0.4, -0.2) is 205 Å². The predicted molar refractivity (Wildman–Crippen MR) is 154 cm³/mol. The van der Waals surface area contributed by atoms with Gasteiger partial charge in [0.1, 0.15) is 61.0 Å². The van der Waals surface area contributed by atoms with Gasteiger partial charge in [0.25, 0.3) is 5.79 Å². The number of nitrogens with one attached hydrogen (secondary N) is 2. The lowest BCUT2D eigenvalue weighted by molar-refractivity contribution is -0.376. The Bertz CT molecular complexity index is 1240. The molecule has 14 N–H and O–H groups in total. The molecule has 50 heavy (non-hydrogen) atoms. The largest absolute Gasteiger partial charge is 0.477 e. The number of rotatable bonds is 18. The van der Waals surface area contributed by atoms with E-state index in [4.69, 9.17) is 23.5 Å². The average Bonchev–Trinajstić information content (AvgIpc) is 3.03. The third kappa shape index (κ3) is 11.1. The average molecular weight is 757 g/mol. The Hall–Kier alpha value is -2.28. The van der Waals surface area contributed by atoms with Crippen LogP contribution in [0, 0.1) is 0 Å². The Labute approximate surface area is 283 Å².